The van der Waals surface area contributed by atoms with Gasteiger partial charge in [0, 0.05) is 22.5 Å². The minimum atomic E-state index is -0.991. The molecule has 24 heavy (non-hydrogen) atoms. The van der Waals surface area contributed by atoms with E-state index in [0.717, 1.165) is 33.7 Å². The number of carboxylic acid groups (broad SMARTS) is 2. The Kier molecular flexibility index (Phi) is 4.42. The van der Waals surface area contributed by atoms with Crippen LogP contribution in [0.25, 0.3) is 11.1 Å². The van der Waals surface area contributed by atoms with E-state index in [1.807, 2.05) is 27.7 Å². The fraction of sp³-hybridized carbons (Fsp3) is 0.333. The van der Waals surface area contributed by atoms with E-state index < -0.39 is 11.9 Å². The highest BCUT2D eigenvalue weighted by molar-refractivity contribution is 5.98. The second kappa shape index (κ2) is 6.03. The molecule has 2 rings (SSSR count). The number of hydrogen-bond donors (Lipinski definition) is 4. The second-order valence-corrected chi connectivity index (χ2v) is 6.11. The van der Waals surface area contributed by atoms with Gasteiger partial charge in [-0.15, -0.1) is 0 Å². The van der Waals surface area contributed by atoms with Gasteiger partial charge in [0.05, 0.1) is 0 Å². The molecule has 2 aromatic rings. The number of rotatable bonds is 4. The van der Waals surface area contributed by atoms with Crippen LogP contribution in [0.15, 0.2) is 0 Å². The number of aromatic carboxylic acids is 2. The molecule has 2 aromatic heterocycles. The molecular weight excluding hydrogens is 308 g/mol. The summed E-state index contributed by atoms with van der Waals surface area (Å²) in [6.45, 7) is 11.1. The van der Waals surface area contributed by atoms with Crippen LogP contribution >= 0.6 is 0 Å². The third-order valence-electron chi connectivity index (χ3n) is 4.62. The van der Waals surface area contributed by atoms with Crippen LogP contribution in [0.1, 0.15) is 68.5 Å². The van der Waals surface area contributed by atoms with Gasteiger partial charge in [-0.25, -0.2) is 9.59 Å². The van der Waals surface area contributed by atoms with Crippen LogP contribution in [0.4, 0.5) is 0 Å². The number of H-pyrrole nitrogens is 2. The van der Waals surface area contributed by atoms with Crippen molar-refractivity contribution in [2.45, 2.75) is 41.5 Å². The molecule has 0 saturated carbocycles. The van der Waals surface area contributed by atoms with Gasteiger partial charge in [-0.1, -0.05) is 0 Å². The molecule has 6 nitrogen and oxygen atoms in total. The summed E-state index contributed by atoms with van der Waals surface area (Å²) in [4.78, 5) is 28.5. The topological polar surface area (TPSA) is 106 Å². The van der Waals surface area contributed by atoms with Gasteiger partial charge < -0.3 is 20.2 Å². The lowest BCUT2D eigenvalue weighted by atomic mass is 9.92. The average Bonchev–Trinajstić information content (AvgIpc) is 2.94. The van der Waals surface area contributed by atoms with Crippen molar-refractivity contribution in [2.24, 2.45) is 0 Å². The first-order valence-corrected chi connectivity index (χ1v) is 7.61. The zero-order valence-corrected chi connectivity index (χ0v) is 14.7. The molecule has 0 spiro atoms. The quantitative estimate of drug-likeness (QED) is 0.681. The monoisotopic (exact) mass is 330 g/mol. The first kappa shape index (κ1) is 17.6. The summed E-state index contributed by atoms with van der Waals surface area (Å²) < 4.78 is 0. The molecular formula is C18H22N2O4. The second-order valence-electron chi connectivity index (χ2n) is 6.11. The number of allylic oxidation sites excluding steroid dienone is 2. The van der Waals surface area contributed by atoms with Crippen molar-refractivity contribution in [1.29, 1.82) is 0 Å². The largest absolute Gasteiger partial charge is 0.477 e. The van der Waals surface area contributed by atoms with Gasteiger partial charge >= 0.3 is 11.9 Å². The molecule has 0 amide bonds. The Hall–Kier alpha value is -2.76. The molecule has 0 fully saturated rings. The number of carbonyl (C=O) groups is 2. The summed E-state index contributed by atoms with van der Waals surface area (Å²) in [5.74, 6) is -1.98. The first-order valence-electron chi connectivity index (χ1n) is 7.61. The molecule has 0 saturated heterocycles. The molecule has 0 bridgehead atoms. The summed E-state index contributed by atoms with van der Waals surface area (Å²) >= 11 is 0. The van der Waals surface area contributed by atoms with Crippen molar-refractivity contribution < 1.29 is 19.8 Å². The minimum Gasteiger partial charge on any atom is -0.477 e. The molecule has 0 aliphatic rings. The highest BCUT2D eigenvalue weighted by Crippen LogP contribution is 2.34. The van der Waals surface area contributed by atoms with Crippen LogP contribution in [0.3, 0.4) is 0 Å². The van der Waals surface area contributed by atoms with Crippen LogP contribution in [-0.4, -0.2) is 32.1 Å². The molecule has 0 aliphatic heterocycles. The SMILES string of the molecule is C/C(=C(/C)c1c(C)[nH]c(C(=O)O)c1C)c1c(C)[nH]c(C(=O)O)c1C. The highest BCUT2D eigenvalue weighted by atomic mass is 16.4. The smallest absolute Gasteiger partial charge is 0.352 e. The molecule has 0 unspecified atom stereocenters. The fourth-order valence-corrected chi connectivity index (χ4v) is 3.43. The summed E-state index contributed by atoms with van der Waals surface area (Å²) in [7, 11) is 0. The summed E-state index contributed by atoms with van der Waals surface area (Å²) in [6.07, 6.45) is 0. The van der Waals surface area contributed by atoms with E-state index in [1.54, 1.807) is 13.8 Å². The van der Waals surface area contributed by atoms with Crippen molar-refractivity contribution in [3.8, 4) is 0 Å². The fourth-order valence-electron chi connectivity index (χ4n) is 3.43. The molecule has 0 radical (unpaired) electrons. The van der Waals surface area contributed by atoms with Crippen LogP contribution in [0.5, 0.6) is 0 Å². The Morgan fingerprint density at radius 2 is 1.00 bits per heavy atom. The van der Waals surface area contributed by atoms with Crippen molar-refractivity contribution in [3.63, 3.8) is 0 Å². The maximum atomic E-state index is 11.3. The van der Waals surface area contributed by atoms with Gasteiger partial charge in [0.25, 0.3) is 0 Å². The number of nitrogens with one attached hydrogen (secondary N) is 2. The van der Waals surface area contributed by atoms with Crippen molar-refractivity contribution in [1.82, 2.24) is 9.97 Å². The Balaban J connectivity index is 2.70. The number of aryl methyl sites for hydroxylation is 2. The lowest BCUT2D eigenvalue weighted by molar-refractivity contribution is 0.0679. The molecule has 128 valence electrons. The van der Waals surface area contributed by atoms with Crippen molar-refractivity contribution in [2.75, 3.05) is 0 Å². The third kappa shape index (κ3) is 2.64. The van der Waals surface area contributed by atoms with Crippen molar-refractivity contribution >= 4 is 23.1 Å². The van der Waals surface area contributed by atoms with Gasteiger partial charge in [0.2, 0.25) is 0 Å². The van der Waals surface area contributed by atoms with Crippen molar-refractivity contribution in [3.05, 3.63) is 45.0 Å². The van der Waals surface area contributed by atoms with Crippen LogP contribution in [-0.2, 0) is 0 Å². The molecule has 4 N–H and O–H groups in total. The maximum Gasteiger partial charge on any atom is 0.352 e. The van der Waals surface area contributed by atoms with E-state index in [9.17, 15) is 19.8 Å². The molecule has 2 heterocycles. The number of aromatic nitrogens is 2. The minimum absolute atomic E-state index is 0.184. The molecule has 0 aliphatic carbocycles. The average molecular weight is 330 g/mol. The lowest BCUT2D eigenvalue weighted by Gasteiger charge is -2.11. The number of aromatic amines is 2. The molecule has 0 atom stereocenters. The summed E-state index contributed by atoms with van der Waals surface area (Å²) in [5.41, 5.74) is 6.88. The van der Waals surface area contributed by atoms with E-state index in [2.05, 4.69) is 9.97 Å². The Bertz CT molecular complexity index is 809. The van der Waals surface area contributed by atoms with Crippen LogP contribution < -0.4 is 0 Å². The van der Waals surface area contributed by atoms with Crippen LogP contribution in [0, 0.1) is 27.7 Å². The zero-order chi connectivity index (χ0) is 18.3. The van der Waals surface area contributed by atoms with Gasteiger partial charge in [-0.2, -0.15) is 0 Å². The highest BCUT2D eigenvalue weighted by Gasteiger charge is 2.22. The maximum absolute atomic E-state index is 11.3. The first-order chi connectivity index (χ1) is 11.1. The Labute approximate surface area is 140 Å². The van der Waals surface area contributed by atoms with Crippen LogP contribution in [0.2, 0.25) is 0 Å². The van der Waals surface area contributed by atoms with E-state index >= 15 is 0 Å². The van der Waals surface area contributed by atoms with E-state index in [4.69, 9.17) is 0 Å². The predicted molar refractivity (Wildman–Crippen MR) is 92.6 cm³/mol. The molecule has 6 heteroatoms. The number of carboxylic acids is 2. The standard InChI is InChI=1S/C18H22N2O4/c1-7(13-9(3)15(17(21)22)19-11(13)5)8(2)14-10(4)16(18(23)24)20-12(14)6/h19-20H,1-6H3,(H,21,22)(H,23,24)/b8-7+. The predicted octanol–water partition coefficient (Wildman–Crippen LogP) is 3.92. The number of hydrogen-bond acceptors (Lipinski definition) is 2. The third-order valence-corrected chi connectivity index (χ3v) is 4.62. The summed E-state index contributed by atoms with van der Waals surface area (Å²) in [5, 5.41) is 18.6. The zero-order valence-electron chi connectivity index (χ0n) is 14.7. The van der Waals surface area contributed by atoms with Gasteiger partial charge in [-0.05, 0) is 63.8 Å². The lowest BCUT2D eigenvalue weighted by Crippen LogP contribution is -1.99. The van der Waals surface area contributed by atoms with Gasteiger partial charge in [0.15, 0.2) is 0 Å². The van der Waals surface area contributed by atoms with Gasteiger partial charge in [0.1, 0.15) is 11.4 Å². The Morgan fingerprint density at radius 1 is 0.708 bits per heavy atom. The summed E-state index contributed by atoms with van der Waals surface area (Å²) in [6, 6.07) is 0. The normalized spacial score (nSPS) is 12.2. The van der Waals surface area contributed by atoms with E-state index in [1.165, 1.54) is 0 Å². The molecule has 0 aromatic carbocycles. The van der Waals surface area contributed by atoms with Gasteiger partial charge in [-0.3, -0.25) is 0 Å². The van der Waals surface area contributed by atoms with E-state index in [-0.39, 0.29) is 11.4 Å². The Morgan fingerprint density at radius 3 is 1.21 bits per heavy atom. The van der Waals surface area contributed by atoms with E-state index in [0.29, 0.717) is 11.1 Å².